The van der Waals surface area contributed by atoms with E-state index in [0.29, 0.717) is 15.4 Å². The molecule has 1 aliphatic rings. The van der Waals surface area contributed by atoms with Crippen molar-refractivity contribution in [1.29, 1.82) is 0 Å². The van der Waals surface area contributed by atoms with Crippen LogP contribution < -0.4 is 5.32 Å². The second-order valence-electron chi connectivity index (χ2n) is 5.86. The fourth-order valence-electron chi connectivity index (χ4n) is 2.65. The van der Waals surface area contributed by atoms with Crippen LogP contribution in [0.15, 0.2) is 53.5 Å². The highest BCUT2D eigenvalue weighted by atomic mass is 35.5. The predicted molar refractivity (Wildman–Crippen MR) is 114 cm³/mol. The molecule has 0 bridgehead atoms. The molecule has 1 aliphatic heterocycles. The maximum Gasteiger partial charge on any atom is 0.179 e. The zero-order valence-corrected chi connectivity index (χ0v) is 16.6. The monoisotopic (exact) mass is 389 g/mol. The van der Waals surface area contributed by atoms with Crippen LogP contribution in [0.3, 0.4) is 0 Å². The van der Waals surface area contributed by atoms with Crippen LogP contribution >= 0.6 is 35.6 Å². The van der Waals surface area contributed by atoms with Crippen molar-refractivity contribution in [2.24, 2.45) is 4.99 Å². The lowest BCUT2D eigenvalue weighted by atomic mass is 10.1. The Balaban J connectivity index is 1.84. The summed E-state index contributed by atoms with van der Waals surface area (Å²) in [5, 5.41) is 5.97. The molecule has 2 aromatic carbocycles. The molecule has 0 saturated carbocycles. The maximum atomic E-state index is 6.06. The molecule has 1 heterocycles. The van der Waals surface area contributed by atoms with E-state index in [1.165, 1.54) is 5.56 Å². The average molecular weight is 390 g/mol. The zero-order valence-electron chi connectivity index (χ0n) is 14.2. The van der Waals surface area contributed by atoms with Crippen LogP contribution in [0.5, 0.6) is 0 Å². The fraction of sp³-hybridized carbons (Fsp3) is 0.263. The second kappa shape index (κ2) is 8.21. The quantitative estimate of drug-likeness (QED) is 0.679. The third kappa shape index (κ3) is 4.54. The van der Waals surface area contributed by atoms with Gasteiger partial charge in [0.2, 0.25) is 0 Å². The highest BCUT2D eigenvalue weighted by molar-refractivity contribution is 8.14. The van der Waals surface area contributed by atoms with E-state index in [-0.39, 0.29) is 0 Å². The number of nitrogens with zero attached hydrogens (tertiary/aromatic N) is 2. The Hall–Kier alpha value is -1.56. The van der Waals surface area contributed by atoms with Crippen molar-refractivity contribution in [3.8, 4) is 0 Å². The Labute approximate surface area is 163 Å². The largest absolute Gasteiger partial charge is 0.332 e. The number of hydrogen-bond acceptors (Lipinski definition) is 3. The number of aliphatic imine (C=N–C) groups is 1. The van der Waals surface area contributed by atoms with E-state index < -0.39 is 0 Å². The lowest BCUT2D eigenvalue weighted by Crippen LogP contribution is -2.36. The summed E-state index contributed by atoms with van der Waals surface area (Å²) in [6.07, 6.45) is 0.957. The van der Waals surface area contributed by atoms with Crippen LogP contribution in [-0.2, 0) is 6.42 Å². The smallest absolute Gasteiger partial charge is 0.179 e. The summed E-state index contributed by atoms with van der Waals surface area (Å²) in [7, 11) is 0. The van der Waals surface area contributed by atoms with Crippen molar-refractivity contribution >= 4 is 57.2 Å². The van der Waals surface area contributed by atoms with Gasteiger partial charge in [0.1, 0.15) is 0 Å². The number of nitrogens with one attached hydrogen (secondary N) is 1. The van der Waals surface area contributed by atoms with Gasteiger partial charge in [0.15, 0.2) is 10.3 Å². The SMILES string of the molecule is CCc1ccccc1N=C1SC(C)CN1C(=S)Nc1cccc(Cl)c1. The van der Waals surface area contributed by atoms with Gasteiger partial charge in [-0.25, -0.2) is 4.99 Å². The third-order valence-electron chi connectivity index (χ3n) is 3.89. The van der Waals surface area contributed by atoms with E-state index >= 15 is 0 Å². The predicted octanol–water partition coefficient (Wildman–Crippen LogP) is 5.72. The highest BCUT2D eigenvalue weighted by Crippen LogP contribution is 2.30. The van der Waals surface area contributed by atoms with Gasteiger partial charge in [-0.05, 0) is 48.5 Å². The first-order chi connectivity index (χ1) is 12.1. The minimum absolute atomic E-state index is 0.437. The Morgan fingerprint density at radius 3 is 2.88 bits per heavy atom. The van der Waals surface area contributed by atoms with Gasteiger partial charge in [-0.2, -0.15) is 0 Å². The third-order valence-corrected chi connectivity index (χ3v) is 5.52. The molecule has 1 fully saturated rings. The molecule has 0 aromatic heterocycles. The van der Waals surface area contributed by atoms with E-state index in [9.17, 15) is 0 Å². The number of halogens is 1. The highest BCUT2D eigenvalue weighted by Gasteiger charge is 2.29. The van der Waals surface area contributed by atoms with Gasteiger partial charge < -0.3 is 5.32 Å². The standard InChI is InChI=1S/C19H20ClN3S2/c1-3-14-7-4-5-10-17(14)22-19-23(12-13(2)25-19)18(24)21-16-9-6-8-15(20)11-16/h4-11,13H,3,12H2,1-2H3,(H,21,24). The van der Waals surface area contributed by atoms with Crippen molar-refractivity contribution in [1.82, 2.24) is 4.90 Å². The van der Waals surface area contributed by atoms with Gasteiger partial charge in [0.05, 0.1) is 5.69 Å². The summed E-state index contributed by atoms with van der Waals surface area (Å²) < 4.78 is 0. The number of para-hydroxylation sites is 1. The van der Waals surface area contributed by atoms with Gasteiger partial charge >= 0.3 is 0 Å². The van der Waals surface area contributed by atoms with E-state index in [1.807, 2.05) is 30.3 Å². The lowest BCUT2D eigenvalue weighted by Gasteiger charge is -2.20. The first-order valence-electron chi connectivity index (χ1n) is 8.24. The summed E-state index contributed by atoms with van der Waals surface area (Å²) >= 11 is 13.4. The van der Waals surface area contributed by atoms with Gasteiger partial charge in [0.25, 0.3) is 0 Å². The topological polar surface area (TPSA) is 27.6 Å². The number of rotatable bonds is 3. The molecule has 2 aromatic rings. The molecule has 1 N–H and O–H groups in total. The Morgan fingerprint density at radius 1 is 1.32 bits per heavy atom. The van der Waals surface area contributed by atoms with Crippen molar-refractivity contribution in [3.05, 3.63) is 59.1 Å². The van der Waals surface area contributed by atoms with Crippen molar-refractivity contribution in [2.45, 2.75) is 25.5 Å². The molecular formula is C19H20ClN3S2. The van der Waals surface area contributed by atoms with E-state index in [1.54, 1.807) is 11.8 Å². The summed E-state index contributed by atoms with van der Waals surface area (Å²) in [6, 6.07) is 15.8. The van der Waals surface area contributed by atoms with Crippen LogP contribution in [0, 0.1) is 0 Å². The molecule has 1 saturated heterocycles. The summed E-state index contributed by atoms with van der Waals surface area (Å²) in [5.41, 5.74) is 3.14. The molecule has 1 atom stereocenters. The van der Waals surface area contributed by atoms with Crippen molar-refractivity contribution < 1.29 is 0 Å². The van der Waals surface area contributed by atoms with Gasteiger partial charge in [-0.3, -0.25) is 4.90 Å². The molecule has 0 aliphatic carbocycles. The molecule has 3 rings (SSSR count). The normalized spacial score (nSPS) is 18.6. The zero-order chi connectivity index (χ0) is 17.8. The van der Waals surface area contributed by atoms with Crippen molar-refractivity contribution in [3.63, 3.8) is 0 Å². The summed E-state index contributed by atoms with van der Waals surface area (Å²) in [6.45, 7) is 5.17. The van der Waals surface area contributed by atoms with Crippen molar-refractivity contribution in [2.75, 3.05) is 11.9 Å². The van der Waals surface area contributed by atoms with Crippen LogP contribution in [0.1, 0.15) is 19.4 Å². The Morgan fingerprint density at radius 2 is 2.12 bits per heavy atom. The van der Waals surface area contributed by atoms with Crippen LogP contribution in [0.4, 0.5) is 11.4 Å². The molecule has 130 valence electrons. The van der Waals surface area contributed by atoms with Crippen LogP contribution in [-0.4, -0.2) is 27.0 Å². The lowest BCUT2D eigenvalue weighted by molar-refractivity contribution is 0.641. The van der Waals surface area contributed by atoms with Crippen LogP contribution in [0.25, 0.3) is 0 Å². The average Bonchev–Trinajstić information content (AvgIpc) is 2.96. The molecular weight excluding hydrogens is 370 g/mol. The van der Waals surface area contributed by atoms with Gasteiger partial charge in [-0.1, -0.05) is 61.5 Å². The Kier molecular flexibility index (Phi) is 5.99. The summed E-state index contributed by atoms with van der Waals surface area (Å²) in [5.74, 6) is 0. The molecule has 25 heavy (non-hydrogen) atoms. The number of anilines is 1. The van der Waals surface area contributed by atoms with Gasteiger partial charge in [0, 0.05) is 22.5 Å². The van der Waals surface area contributed by atoms with E-state index in [0.717, 1.165) is 29.5 Å². The van der Waals surface area contributed by atoms with E-state index in [4.69, 9.17) is 28.8 Å². The molecule has 0 radical (unpaired) electrons. The molecule has 0 spiro atoms. The van der Waals surface area contributed by atoms with Gasteiger partial charge in [-0.15, -0.1) is 0 Å². The Bertz CT molecular complexity index is 807. The number of aryl methyl sites for hydroxylation is 1. The maximum absolute atomic E-state index is 6.06. The number of thiocarbonyl (C=S) groups is 1. The first-order valence-corrected chi connectivity index (χ1v) is 9.90. The van der Waals surface area contributed by atoms with E-state index in [2.05, 4.69) is 42.3 Å². The number of thioether (sulfide) groups is 1. The molecule has 0 amide bonds. The first kappa shape index (κ1) is 18.2. The second-order valence-corrected chi connectivity index (χ2v) is 8.08. The molecule has 3 nitrogen and oxygen atoms in total. The molecule has 6 heteroatoms. The molecule has 1 unspecified atom stereocenters. The number of benzene rings is 2. The van der Waals surface area contributed by atoms with Crippen LogP contribution in [0.2, 0.25) is 5.02 Å². The minimum Gasteiger partial charge on any atom is -0.332 e. The fourth-order valence-corrected chi connectivity index (χ4v) is 4.21. The number of amidine groups is 1. The summed E-state index contributed by atoms with van der Waals surface area (Å²) in [4.78, 5) is 6.96. The number of hydrogen-bond donors (Lipinski definition) is 1. The minimum atomic E-state index is 0.437.